The lowest BCUT2D eigenvalue weighted by Crippen LogP contribution is -2.66. The number of amides is 1. The number of hydrogen-bond acceptors (Lipinski definition) is 4. The van der Waals surface area contributed by atoms with E-state index < -0.39 is 6.10 Å². The van der Waals surface area contributed by atoms with Crippen molar-refractivity contribution in [3.63, 3.8) is 0 Å². The lowest BCUT2D eigenvalue weighted by Gasteiger charge is -2.57. The molecule has 2 bridgehead atoms. The fourth-order valence-corrected chi connectivity index (χ4v) is 5.27. The van der Waals surface area contributed by atoms with Crippen molar-refractivity contribution in [1.82, 2.24) is 9.80 Å². The Balaban J connectivity index is 1.55. The van der Waals surface area contributed by atoms with Crippen LogP contribution in [0.5, 0.6) is 0 Å². The van der Waals surface area contributed by atoms with E-state index in [9.17, 15) is 9.90 Å². The van der Waals surface area contributed by atoms with E-state index in [4.69, 9.17) is 4.74 Å². The first-order chi connectivity index (χ1) is 10.2. The Morgan fingerprint density at radius 2 is 1.95 bits per heavy atom. The Labute approximate surface area is 126 Å². The van der Waals surface area contributed by atoms with Crippen molar-refractivity contribution in [2.24, 2.45) is 11.8 Å². The van der Waals surface area contributed by atoms with Gasteiger partial charge in [0.1, 0.15) is 0 Å². The van der Waals surface area contributed by atoms with Crippen LogP contribution in [-0.2, 0) is 9.53 Å². The van der Waals surface area contributed by atoms with Gasteiger partial charge in [0, 0.05) is 38.8 Å². The molecule has 4 heterocycles. The molecule has 0 aromatic rings. The van der Waals surface area contributed by atoms with Gasteiger partial charge in [-0.1, -0.05) is 0 Å². The van der Waals surface area contributed by atoms with Crippen molar-refractivity contribution in [1.29, 1.82) is 0 Å². The van der Waals surface area contributed by atoms with E-state index in [2.05, 4.69) is 9.80 Å². The van der Waals surface area contributed by atoms with Crippen LogP contribution in [0.3, 0.4) is 0 Å². The summed E-state index contributed by atoms with van der Waals surface area (Å²) in [4.78, 5) is 17.0. The van der Waals surface area contributed by atoms with Gasteiger partial charge in [-0.15, -0.1) is 0 Å². The predicted molar refractivity (Wildman–Crippen MR) is 77.7 cm³/mol. The van der Waals surface area contributed by atoms with E-state index >= 15 is 0 Å². The van der Waals surface area contributed by atoms with E-state index in [1.54, 1.807) is 0 Å². The van der Waals surface area contributed by atoms with Crippen molar-refractivity contribution in [2.75, 3.05) is 26.7 Å². The van der Waals surface area contributed by atoms with Gasteiger partial charge < -0.3 is 14.7 Å². The van der Waals surface area contributed by atoms with Crippen LogP contribution in [0.4, 0.5) is 0 Å². The van der Waals surface area contributed by atoms with Crippen LogP contribution in [0.1, 0.15) is 32.1 Å². The zero-order chi connectivity index (χ0) is 14.6. The Hall–Kier alpha value is -0.650. The molecule has 4 rings (SSSR count). The normalized spacial score (nSPS) is 47.0. The van der Waals surface area contributed by atoms with Crippen molar-refractivity contribution in [3.8, 4) is 0 Å². The number of aliphatic hydroxyl groups excluding tert-OH is 1. The minimum atomic E-state index is -0.424. The number of carbonyl (C=O) groups excluding carboxylic acids is 1. The third-order valence-electron chi connectivity index (χ3n) is 6.28. The summed E-state index contributed by atoms with van der Waals surface area (Å²) in [6.07, 6.45) is 4.53. The highest BCUT2D eigenvalue weighted by Crippen LogP contribution is 2.43. The molecule has 0 aromatic carbocycles. The lowest BCUT2D eigenvalue weighted by atomic mass is 9.70. The predicted octanol–water partition coefficient (Wildman–Crippen LogP) is 0.467. The largest absolute Gasteiger partial charge is 0.393 e. The Morgan fingerprint density at radius 3 is 2.76 bits per heavy atom. The van der Waals surface area contributed by atoms with Crippen molar-refractivity contribution in [2.45, 2.75) is 56.4 Å². The summed E-state index contributed by atoms with van der Waals surface area (Å²) in [5.74, 6) is 1.32. The fraction of sp³-hybridized carbons (Fsp3) is 0.938. The molecule has 5 nitrogen and oxygen atoms in total. The number of hydrogen-bond donors (Lipinski definition) is 1. The summed E-state index contributed by atoms with van der Waals surface area (Å²) < 4.78 is 5.58. The summed E-state index contributed by atoms with van der Waals surface area (Å²) in [5.41, 5.74) is 0. The number of ether oxygens (including phenoxy) is 1. The zero-order valence-corrected chi connectivity index (χ0v) is 12.8. The number of carbonyl (C=O) groups is 1. The third-order valence-corrected chi connectivity index (χ3v) is 6.28. The van der Waals surface area contributed by atoms with Crippen LogP contribution in [0.2, 0.25) is 0 Å². The summed E-state index contributed by atoms with van der Waals surface area (Å²) in [6, 6.07) is 0.860. The number of methoxy groups -OCH3 is 1. The Morgan fingerprint density at radius 1 is 1.14 bits per heavy atom. The first kappa shape index (κ1) is 14.0. The molecule has 21 heavy (non-hydrogen) atoms. The number of rotatable bonds is 1. The summed E-state index contributed by atoms with van der Waals surface area (Å²) in [7, 11) is 1.82. The van der Waals surface area contributed by atoms with E-state index in [1.807, 2.05) is 7.11 Å². The summed E-state index contributed by atoms with van der Waals surface area (Å²) >= 11 is 0. The van der Waals surface area contributed by atoms with E-state index in [1.165, 1.54) is 6.42 Å². The average Bonchev–Trinajstić information content (AvgIpc) is 2.48. The van der Waals surface area contributed by atoms with Crippen molar-refractivity contribution in [3.05, 3.63) is 0 Å². The molecule has 6 unspecified atom stereocenters. The van der Waals surface area contributed by atoms with Crippen molar-refractivity contribution < 1.29 is 14.6 Å². The molecule has 0 spiro atoms. The second-order valence-corrected chi connectivity index (χ2v) is 7.41. The van der Waals surface area contributed by atoms with Gasteiger partial charge in [0.2, 0.25) is 5.91 Å². The first-order valence-electron chi connectivity index (χ1n) is 8.40. The topological polar surface area (TPSA) is 53.0 Å². The molecule has 4 aliphatic rings. The molecule has 0 saturated carbocycles. The van der Waals surface area contributed by atoms with Gasteiger partial charge in [-0.05, 0) is 37.5 Å². The smallest absolute Gasteiger partial charge is 0.225 e. The van der Waals surface area contributed by atoms with Crippen LogP contribution in [0.15, 0.2) is 0 Å². The molecule has 4 saturated heterocycles. The number of fused-ring (bicyclic) bond motifs is 6. The first-order valence-corrected chi connectivity index (χ1v) is 8.40. The minimum Gasteiger partial charge on any atom is -0.393 e. The van der Waals surface area contributed by atoms with Crippen molar-refractivity contribution >= 4 is 5.91 Å². The van der Waals surface area contributed by atoms with Crippen LogP contribution in [-0.4, -0.2) is 71.8 Å². The molecule has 5 heteroatoms. The molecule has 6 atom stereocenters. The summed E-state index contributed by atoms with van der Waals surface area (Å²) in [5, 5.41) is 9.94. The molecule has 4 fully saturated rings. The lowest BCUT2D eigenvalue weighted by molar-refractivity contribution is -0.156. The van der Waals surface area contributed by atoms with Crippen LogP contribution in [0, 0.1) is 11.8 Å². The van der Waals surface area contributed by atoms with Crippen LogP contribution in [0.25, 0.3) is 0 Å². The third kappa shape index (κ3) is 2.30. The van der Waals surface area contributed by atoms with Gasteiger partial charge in [-0.25, -0.2) is 0 Å². The minimum absolute atomic E-state index is 0.168. The van der Waals surface area contributed by atoms with Gasteiger partial charge in [0.15, 0.2) is 0 Å². The molecule has 1 amide bonds. The summed E-state index contributed by atoms with van der Waals surface area (Å²) in [6.45, 7) is 3.11. The van der Waals surface area contributed by atoms with Gasteiger partial charge in [-0.2, -0.15) is 0 Å². The maximum atomic E-state index is 12.3. The van der Waals surface area contributed by atoms with Gasteiger partial charge in [-0.3, -0.25) is 9.69 Å². The highest BCUT2D eigenvalue weighted by Gasteiger charge is 2.50. The van der Waals surface area contributed by atoms with Gasteiger partial charge in [0.25, 0.3) is 0 Å². The second-order valence-electron chi connectivity index (χ2n) is 7.41. The Kier molecular flexibility index (Phi) is 3.47. The number of nitrogens with zero attached hydrogens (tertiary/aromatic N) is 2. The van der Waals surface area contributed by atoms with Crippen LogP contribution >= 0.6 is 0 Å². The fourth-order valence-electron chi connectivity index (χ4n) is 5.27. The number of aliphatic hydroxyl groups is 1. The Bertz CT molecular complexity index is 430. The molecule has 0 aromatic heterocycles. The second kappa shape index (κ2) is 5.21. The monoisotopic (exact) mass is 294 g/mol. The van der Waals surface area contributed by atoms with Gasteiger partial charge >= 0.3 is 0 Å². The molecule has 0 aliphatic carbocycles. The maximum absolute atomic E-state index is 12.3. The molecule has 0 radical (unpaired) electrons. The zero-order valence-electron chi connectivity index (χ0n) is 12.8. The van der Waals surface area contributed by atoms with Crippen LogP contribution < -0.4 is 0 Å². The molecule has 1 N–H and O–H groups in total. The van der Waals surface area contributed by atoms with E-state index in [0.29, 0.717) is 30.4 Å². The molecule has 4 aliphatic heterocycles. The maximum Gasteiger partial charge on any atom is 0.225 e. The average molecular weight is 294 g/mol. The standard InChI is InChI=1S/C16H26N2O3/c1-21-13-2-3-17-8-10-4-11(14(17)7-13)9-18-15(10)5-12(19)6-16(18)20/h10-15,19H,2-9H2,1H3. The van der Waals surface area contributed by atoms with Gasteiger partial charge in [0.05, 0.1) is 18.6 Å². The molecule has 118 valence electrons. The highest BCUT2D eigenvalue weighted by molar-refractivity contribution is 5.78. The SMILES string of the molecule is COC1CCN2CC3CC(CN4C(=O)CC(O)CC34)C2C1. The molecular weight excluding hydrogens is 268 g/mol. The van der Waals surface area contributed by atoms with E-state index in [0.717, 1.165) is 38.9 Å². The highest BCUT2D eigenvalue weighted by atomic mass is 16.5. The van der Waals surface area contributed by atoms with E-state index in [-0.39, 0.29) is 11.9 Å². The quantitative estimate of drug-likeness (QED) is 0.764. The number of piperidine rings is 4. The molecular formula is C16H26N2O3.